The number of hydrogen-bond donors (Lipinski definition) is 3. The van der Waals surface area contributed by atoms with Crippen LogP contribution in [0.2, 0.25) is 5.02 Å². The summed E-state index contributed by atoms with van der Waals surface area (Å²) < 4.78 is 5.08. The van der Waals surface area contributed by atoms with Crippen molar-refractivity contribution in [1.82, 2.24) is 4.98 Å². The van der Waals surface area contributed by atoms with Crippen molar-refractivity contribution in [3.8, 4) is 11.5 Å². The van der Waals surface area contributed by atoms with Gasteiger partial charge in [-0.1, -0.05) is 11.6 Å². The second kappa shape index (κ2) is 6.90. The van der Waals surface area contributed by atoms with Crippen molar-refractivity contribution in [2.24, 2.45) is 0 Å². The number of fused-ring (bicyclic) bond motifs is 3. The number of aromatic amines is 1. The molecule has 8 heteroatoms. The second-order valence-corrected chi connectivity index (χ2v) is 7.91. The van der Waals surface area contributed by atoms with Gasteiger partial charge in [0.25, 0.3) is 11.5 Å². The zero-order valence-electron chi connectivity index (χ0n) is 14.5. The van der Waals surface area contributed by atoms with Crippen LogP contribution in [0.15, 0.2) is 23.0 Å². The summed E-state index contributed by atoms with van der Waals surface area (Å²) in [6, 6.07) is 4.74. The average molecular weight is 405 g/mol. The fourth-order valence-corrected chi connectivity index (χ4v) is 4.99. The third kappa shape index (κ3) is 3.07. The molecule has 0 atom stereocenters. The van der Waals surface area contributed by atoms with Gasteiger partial charge in [-0.2, -0.15) is 0 Å². The normalized spacial score (nSPS) is 13.4. The van der Waals surface area contributed by atoms with Crippen molar-refractivity contribution in [2.75, 3.05) is 12.4 Å². The number of aromatic nitrogens is 1. The maximum atomic E-state index is 12.7. The van der Waals surface area contributed by atoms with E-state index in [0.29, 0.717) is 26.7 Å². The largest absolute Gasteiger partial charge is 0.506 e. The van der Waals surface area contributed by atoms with Crippen LogP contribution in [0.4, 0.5) is 5.69 Å². The van der Waals surface area contributed by atoms with Crippen LogP contribution in [0.1, 0.15) is 33.6 Å². The van der Waals surface area contributed by atoms with E-state index >= 15 is 0 Å². The number of methoxy groups -OCH3 is 1. The van der Waals surface area contributed by atoms with E-state index in [1.165, 1.54) is 29.4 Å². The van der Waals surface area contributed by atoms with E-state index in [1.54, 1.807) is 12.1 Å². The number of nitrogens with one attached hydrogen (secondary N) is 2. The van der Waals surface area contributed by atoms with E-state index < -0.39 is 11.5 Å². The molecule has 2 heterocycles. The summed E-state index contributed by atoms with van der Waals surface area (Å²) in [7, 11) is 1.49. The van der Waals surface area contributed by atoms with Crippen LogP contribution in [0.3, 0.4) is 0 Å². The average Bonchev–Trinajstić information content (AvgIpc) is 3.00. The van der Waals surface area contributed by atoms with Crippen LogP contribution in [0, 0.1) is 0 Å². The van der Waals surface area contributed by atoms with Crippen LogP contribution in [0.25, 0.3) is 10.2 Å². The lowest BCUT2D eigenvalue weighted by Gasteiger charge is -2.12. The molecule has 3 aromatic rings. The van der Waals surface area contributed by atoms with Gasteiger partial charge >= 0.3 is 0 Å². The van der Waals surface area contributed by atoms with Crippen molar-refractivity contribution in [3.05, 3.63) is 49.6 Å². The van der Waals surface area contributed by atoms with Gasteiger partial charge in [0.2, 0.25) is 0 Å². The Labute approximate surface area is 163 Å². The van der Waals surface area contributed by atoms with E-state index in [2.05, 4.69) is 10.3 Å². The number of amides is 1. The smallest absolute Gasteiger partial charge is 0.265 e. The molecule has 0 radical (unpaired) electrons. The maximum Gasteiger partial charge on any atom is 0.265 e. The van der Waals surface area contributed by atoms with Gasteiger partial charge in [-0.25, -0.2) is 0 Å². The van der Waals surface area contributed by atoms with Crippen LogP contribution in [-0.4, -0.2) is 23.1 Å². The molecule has 140 valence electrons. The van der Waals surface area contributed by atoms with E-state index in [-0.39, 0.29) is 11.3 Å². The topological polar surface area (TPSA) is 91.4 Å². The number of H-pyrrole nitrogens is 1. The molecule has 4 rings (SSSR count). The highest BCUT2D eigenvalue weighted by Crippen LogP contribution is 2.40. The minimum atomic E-state index is -0.687. The molecular weight excluding hydrogens is 388 g/mol. The standard InChI is InChI=1S/C19H17ClN2O4S/c1-26-12-7-6-9(8-11(12)20)21-17(24)15-16(23)14-10-4-2-3-5-13(10)27-19(14)22-18(15)25/h6-8H,2-5H2,1H3,(H,21,24)(H2,22,23,25). The number of anilines is 1. The molecule has 3 N–H and O–H groups in total. The number of aromatic hydroxyl groups is 1. The molecule has 0 aliphatic heterocycles. The molecule has 2 aromatic heterocycles. The lowest BCUT2D eigenvalue weighted by molar-refractivity contribution is 0.102. The quantitative estimate of drug-likeness (QED) is 0.613. The fourth-order valence-electron chi connectivity index (χ4n) is 3.45. The summed E-state index contributed by atoms with van der Waals surface area (Å²) >= 11 is 7.55. The van der Waals surface area contributed by atoms with Crippen LogP contribution < -0.4 is 15.6 Å². The number of carbonyl (C=O) groups excluding carboxylic acids is 1. The molecule has 0 unspecified atom stereocenters. The minimum absolute atomic E-state index is 0.259. The molecule has 1 aromatic carbocycles. The lowest BCUT2D eigenvalue weighted by atomic mass is 9.96. The van der Waals surface area contributed by atoms with Gasteiger partial charge < -0.3 is 20.1 Å². The third-order valence-corrected chi connectivity index (χ3v) is 6.24. The zero-order chi connectivity index (χ0) is 19.1. The second-order valence-electron chi connectivity index (χ2n) is 6.40. The van der Waals surface area contributed by atoms with Gasteiger partial charge in [0, 0.05) is 10.6 Å². The van der Waals surface area contributed by atoms with E-state index in [1.807, 2.05) is 0 Å². The molecule has 1 amide bonds. The third-order valence-electron chi connectivity index (χ3n) is 4.74. The van der Waals surface area contributed by atoms with Gasteiger partial charge in [-0.3, -0.25) is 9.59 Å². The van der Waals surface area contributed by atoms with Crippen molar-refractivity contribution in [1.29, 1.82) is 0 Å². The Bertz CT molecular complexity index is 1120. The molecule has 6 nitrogen and oxygen atoms in total. The summed E-state index contributed by atoms with van der Waals surface area (Å²) in [5, 5.41) is 14.3. The Morgan fingerprint density at radius 1 is 1.33 bits per heavy atom. The molecular formula is C19H17ClN2O4S. The molecule has 1 aliphatic rings. The molecule has 0 spiro atoms. The Morgan fingerprint density at radius 3 is 2.85 bits per heavy atom. The first-order chi connectivity index (χ1) is 13.0. The van der Waals surface area contributed by atoms with Gasteiger partial charge in [0.05, 0.1) is 17.5 Å². The number of thiophene rings is 1. The Morgan fingerprint density at radius 2 is 2.11 bits per heavy atom. The van der Waals surface area contributed by atoms with Gasteiger partial charge in [-0.05, 0) is 49.4 Å². The zero-order valence-corrected chi connectivity index (χ0v) is 16.1. The lowest BCUT2D eigenvalue weighted by Crippen LogP contribution is -2.23. The summed E-state index contributed by atoms with van der Waals surface area (Å²) in [4.78, 5) is 29.7. The first kappa shape index (κ1) is 17.9. The molecule has 0 saturated heterocycles. The number of pyridine rings is 1. The fraction of sp³-hybridized carbons (Fsp3) is 0.263. The maximum absolute atomic E-state index is 12.7. The number of carbonyl (C=O) groups is 1. The number of halogens is 1. The highest BCUT2D eigenvalue weighted by molar-refractivity contribution is 7.18. The van der Waals surface area contributed by atoms with Crippen molar-refractivity contribution in [3.63, 3.8) is 0 Å². The van der Waals surface area contributed by atoms with Crippen molar-refractivity contribution in [2.45, 2.75) is 25.7 Å². The van der Waals surface area contributed by atoms with Crippen LogP contribution in [0.5, 0.6) is 11.5 Å². The summed E-state index contributed by atoms with van der Waals surface area (Å²) in [5.74, 6) is -0.473. The highest BCUT2D eigenvalue weighted by Gasteiger charge is 2.25. The summed E-state index contributed by atoms with van der Waals surface area (Å²) in [6.07, 6.45) is 3.89. The van der Waals surface area contributed by atoms with E-state index in [9.17, 15) is 14.7 Å². The first-order valence-electron chi connectivity index (χ1n) is 8.54. The molecule has 27 heavy (non-hydrogen) atoms. The molecule has 0 saturated carbocycles. The van der Waals surface area contributed by atoms with Gasteiger partial charge in [-0.15, -0.1) is 11.3 Å². The highest BCUT2D eigenvalue weighted by atomic mass is 35.5. The Hall–Kier alpha value is -2.51. The SMILES string of the molecule is COc1ccc(NC(=O)c2c(O)c3c4c(sc3[nH]c2=O)CCCC4)cc1Cl. The van der Waals surface area contributed by atoms with Crippen molar-refractivity contribution >= 4 is 44.7 Å². The summed E-state index contributed by atoms with van der Waals surface area (Å²) in [5.41, 5.74) is 0.532. The number of aryl methyl sites for hydroxylation is 2. The first-order valence-corrected chi connectivity index (χ1v) is 9.73. The van der Waals surface area contributed by atoms with Gasteiger partial charge in [0.15, 0.2) is 0 Å². The molecule has 0 fully saturated rings. The van der Waals surface area contributed by atoms with Crippen molar-refractivity contribution < 1.29 is 14.6 Å². The minimum Gasteiger partial charge on any atom is -0.506 e. The Kier molecular flexibility index (Phi) is 4.57. The number of rotatable bonds is 3. The van der Waals surface area contributed by atoms with E-state index in [4.69, 9.17) is 16.3 Å². The Balaban J connectivity index is 1.75. The predicted octanol–water partition coefficient (Wildman–Crippen LogP) is 4.09. The van der Waals surface area contributed by atoms with Gasteiger partial charge in [0.1, 0.15) is 21.9 Å². The number of hydrogen-bond acceptors (Lipinski definition) is 5. The summed E-state index contributed by atoms with van der Waals surface area (Å²) in [6.45, 7) is 0. The molecule has 1 aliphatic carbocycles. The monoisotopic (exact) mass is 404 g/mol. The number of ether oxygens (including phenoxy) is 1. The number of benzene rings is 1. The van der Waals surface area contributed by atoms with Crippen LogP contribution >= 0.6 is 22.9 Å². The van der Waals surface area contributed by atoms with Crippen LogP contribution in [-0.2, 0) is 12.8 Å². The predicted molar refractivity (Wildman–Crippen MR) is 107 cm³/mol. The molecule has 0 bridgehead atoms. The van der Waals surface area contributed by atoms with E-state index in [0.717, 1.165) is 31.2 Å².